The number of hydrogen-bond donors (Lipinski definition) is 0. The van der Waals surface area contributed by atoms with Crippen LogP contribution in [0.1, 0.15) is 33.2 Å². The van der Waals surface area contributed by atoms with Crippen molar-refractivity contribution in [3.05, 3.63) is 34.9 Å². The van der Waals surface area contributed by atoms with Gasteiger partial charge in [0.15, 0.2) is 5.78 Å². The van der Waals surface area contributed by atoms with Gasteiger partial charge in [-0.1, -0.05) is 12.1 Å². The van der Waals surface area contributed by atoms with Crippen molar-refractivity contribution in [3.8, 4) is 0 Å². The Kier molecular flexibility index (Phi) is 1.88. The van der Waals surface area contributed by atoms with Crippen molar-refractivity contribution in [1.82, 2.24) is 4.90 Å². The van der Waals surface area contributed by atoms with Crippen LogP contribution < -0.4 is 0 Å². The van der Waals surface area contributed by atoms with E-state index in [0.29, 0.717) is 17.7 Å². The first-order valence-corrected chi connectivity index (χ1v) is 4.49. The predicted octanol–water partition coefficient (Wildman–Crippen LogP) is 1.47. The summed E-state index contributed by atoms with van der Waals surface area (Å²) < 4.78 is 0. The molecule has 0 aliphatic carbocycles. The van der Waals surface area contributed by atoms with Crippen molar-refractivity contribution in [2.75, 3.05) is 7.05 Å². The fourth-order valence-corrected chi connectivity index (χ4v) is 1.67. The monoisotopic (exact) mass is 189 g/mol. The van der Waals surface area contributed by atoms with E-state index in [2.05, 4.69) is 0 Å². The molecule has 1 heterocycles. The minimum Gasteiger partial charge on any atom is -0.337 e. The van der Waals surface area contributed by atoms with Gasteiger partial charge in [0, 0.05) is 24.7 Å². The van der Waals surface area contributed by atoms with Crippen molar-refractivity contribution in [2.24, 2.45) is 0 Å². The van der Waals surface area contributed by atoms with E-state index in [0.717, 1.165) is 5.56 Å². The number of benzene rings is 1. The van der Waals surface area contributed by atoms with Crippen LogP contribution in [0.25, 0.3) is 0 Å². The van der Waals surface area contributed by atoms with Crippen molar-refractivity contribution in [2.45, 2.75) is 13.5 Å². The predicted molar refractivity (Wildman–Crippen MR) is 52.2 cm³/mol. The molecule has 3 heteroatoms. The maximum Gasteiger partial charge on any atom is 0.254 e. The lowest BCUT2D eigenvalue weighted by Gasteiger charge is -2.04. The first-order valence-electron chi connectivity index (χ1n) is 4.49. The maximum absolute atomic E-state index is 11.6. The van der Waals surface area contributed by atoms with Crippen molar-refractivity contribution in [3.63, 3.8) is 0 Å². The Hall–Kier alpha value is -1.64. The van der Waals surface area contributed by atoms with Gasteiger partial charge in [0.2, 0.25) is 0 Å². The average Bonchev–Trinajstić information content (AvgIpc) is 2.43. The number of nitrogens with zero attached hydrogens (tertiary/aromatic N) is 1. The highest BCUT2D eigenvalue weighted by atomic mass is 16.2. The highest BCUT2D eigenvalue weighted by Crippen LogP contribution is 2.22. The van der Waals surface area contributed by atoms with E-state index in [1.54, 1.807) is 24.1 Å². The topological polar surface area (TPSA) is 37.4 Å². The van der Waals surface area contributed by atoms with E-state index < -0.39 is 0 Å². The molecule has 0 aromatic heterocycles. The summed E-state index contributed by atoms with van der Waals surface area (Å²) in [5.41, 5.74) is 2.27. The first-order chi connectivity index (χ1) is 6.59. The van der Waals surface area contributed by atoms with Crippen LogP contribution in [-0.4, -0.2) is 23.6 Å². The molecule has 0 radical (unpaired) electrons. The van der Waals surface area contributed by atoms with E-state index in [-0.39, 0.29) is 11.7 Å². The Morgan fingerprint density at radius 2 is 2.14 bits per heavy atom. The standard InChI is InChI=1S/C11H11NO2/c1-7(13)8-3-4-9-6-12(2)11(14)10(9)5-8/h3-5H,6H2,1-2H3. The van der Waals surface area contributed by atoms with Gasteiger partial charge in [-0.2, -0.15) is 0 Å². The number of carbonyl (C=O) groups excluding carboxylic acids is 2. The molecule has 0 fully saturated rings. The molecule has 1 aliphatic heterocycles. The van der Waals surface area contributed by atoms with Gasteiger partial charge in [-0.3, -0.25) is 9.59 Å². The zero-order valence-corrected chi connectivity index (χ0v) is 8.20. The molecule has 3 nitrogen and oxygen atoms in total. The van der Waals surface area contributed by atoms with E-state index >= 15 is 0 Å². The second-order valence-corrected chi connectivity index (χ2v) is 3.59. The Balaban J connectivity index is 2.51. The Morgan fingerprint density at radius 1 is 1.43 bits per heavy atom. The third kappa shape index (κ3) is 1.21. The van der Waals surface area contributed by atoms with Gasteiger partial charge in [0.25, 0.3) is 5.91 Å². The quantitative estimate of drug-likeness (QED) is 0.627. The van der Waals surface area contributed by atoms with E-state index in [4.69, 9.17) is 0 Å². The molecule has 14 heavy (non-hydrogen) atoms. The summed E-state index contributed by atoms with van der Waals surface area (Å²) in [6, 6.07) is 5.31. The zero-order valence-electron chi connectivity index (χ0n) is 8.20. The molecule has 1 aromatic carbocycles. The van der Waals surface area contributed by atoms with E-state index in [1.165, 1.54) is 6.92 Å². The second kappa shape index (κ2) is 2.94. The number of carbonyl (C=O) groups is 2. The molecular weight excluding hydrogens is 178 g/mol. The summed E-state index contributed by atoms with van der Waals surface area (Å²) in [7, 11) is 1.76. The number of rotatable bonds is 1. The first kappa shape index (κ1) is 8.94. The van der Waals surface area contributed by atoms with Crippen LogP contribution in [-0.2, 0) is 6.54 Å². The van der Waals surface area contributed by atoms with Gasteiger partial charge in [-0.15, -0.1) is 0 Å². The van der Waals surface area contributed by atoms with Crippen LogP contribution in [0.3, 0.4) is 0 Å². The number of Topliss-reactive ketones (excluding diaryl/α,β-unsaturated/α-hetero) is 1. The molecule has 1 aromatic rings. The summed E-state index contributed by atoms with van der Waals surface area (Å²) in [5.74, 6) is -0.00162. The molecule has 0 saturated carbocycles. The number of ketones is 1. The lowest BCUT2D eigenvalue weighted by atomic mass is 10.0. The van der Waals surface area contributed by atoms with Crippen LogP contribution >= 0.6 is 0 Å². The molecule has 0 unspecified atom stereocenters. The molecule has 0 N–H and O–H groups in total. The molecule has 0 atom stereocenters. The number of fused-ring (bicyclic) bond motifs is 1. The minimum absolute atomic E-state index is 0.00287. The Labute approximate surface area is 82.3 Å². The number of amides is 1. The fraction of sp³-hybridized carbons (Fsp3) is 0.273. The van der Waals surface area contributed by atoms with Crippen LogP contribution in [0.4, 0.5) is 0 Å². The second-order valence-electron chi connectivity index (χ2n) is 3.59. The molecule has 2 rings (SSSR count). The molecular formula is C11H11NO2. The largest absolute Gasteiger partial charge is 0.337 e. The third-order valence-electron chi connectivity index (χ3n) is 2.50. The normalized spacial score (nSPS) is 14.4. The van der Waals surface area contributed by atoms with Crippen LogP contribution in [0.15, 0.2) is 18.2 Å². The van der Waals surface area contributed by atoms with Gasteiger partial charge in [0.05, 0.1) is 0 Å². The van der Waals surface area contributed by atoms with Crippen molar-refractivity contribution in [1.29, 1.82) is 0 Å². The van der Waals surface area contributed by atoms with Gasteiger partial charge < -0.3 is 4.90 Å². The van der Waals surface area contributed by atoms with E-state index in [1.807, 2.05) is 6.07 Å². The summed E-state index contributed by atoms with van der Waals surface area (Å²) in [5, 5.41) is 0. The Bertz CT molecular complexity index is 423. The average molecular weight is 189 g/mol. The fourth-order valence-electron chi connectivity index (χ4n) is 1.67. The smallest absolute Gasteiger partial charge is 0.254 e. The lowest BCUT2D eigenvalue weighted by Crippen LogP contribution is -2.17. The number of hydrogen-bond acceptors (Lipinski definition) is 2. The van der Waals surface area contributed by atoms with Crippen LogP contribution in [0.2, 0.25) is 0 Å². The third-order valence-corrected chi connectivity index (χ3v) is 2.50. The lowest BCUT2D eigenvalue weighted by molar-refractivity contribution is 0.0816. The summed E-state index contributed by atoms with van der Waals surface area (Å²) in [6.45, 7) is 2.15. The Morgan fingerprint density at radius 3 is 2.79 bits per heavy atom. The van der Waals surface area contributed by atoms with Crippen LogP contribution in [0, 0.1) is 0 Å². The van der Waals surface area contributed by atoms with Crippen molar-refractivity contribution < 1.29 is 9.59 Å². The van der Waals surface area contributed by atoms with Gasteiger partial charge >= 0.3 is 0 Å². The molecule has 72 valence electrons. The highest BCUT2D eigenvalue weighted by Gasteiger charge is 2.24. The maximum atomic E-state index is 11.6. The van der Waals surface area contributed by atoms with Gasteiger partial charge in [0.1, 0.15) is 0 Å². The van der Waals surface area contributed by atoms with Crippen LogP contribution in [0.5, 0.6) is 0 Å². The highest BCUT2D eigenvalue weighted by molar-refractivity contribution is 6.02. The summed E-state index contributed by atoms with van der Waals surface area (Å²) >= 11 is 0. The van der Waals surface area contributed by atoms with E-state index in [9.17, 15) is 9.59 Å². The molecule has 1 amide bonds. The van der Waals surface area contributed by atoms with Gasteiger partial charge in [-0.25, -0.2) is 0 Å². The summed E-state index contributed by atoms with van der Waals surface area (Å²) in [4.78, 5) is 24.3. The molecule has 1 aliphatic rings. The van der Waals surface area contributed by atoms with Gasteiger partial charge in [-0.05, 0) is 18.6 Å². The SMILES string of the molecule is CC(=O)c1ccc2c(c1)C(=O)N(C)C2. The summed E-state index contributed by atoms with van der Waals surface area (Å²) in [6.07, 6.45) is 0. The molecule has 0 bridgehead atoms. The molecule has 0 saturated heterocycles. The minimum atomic E-state index is -0.00449. The zero-order chi connectivity index (χ0) is 10.3. The van der Waals surface area contributed by atoms with Crippen molar-refractivity contribution >= 4 is 11.7 Å². The molecule has 0 spiro atoms.